The van der Waals surface area contributed by atoms with Gasteiger partial charge in [-0.15, -0.1) is 0 Å². The molecule has 0 fully saturated rings. The molecule has 2 unspecified atom stereocenters. The van der Waals surface area contributed by atoms with Crippen molar-refractivity contribution in [3.05, 3.63) is 65.4 Å². The summed E-state index contributed by atoms with van der Waals surface area (Å²) in [6.07, 6.45) is -6.64. The molecule has 0 spiro atoms. The van der Waals surface area contributed by atoms with Gasteiger partial charge in [-0.25, -0.2) is 18.8 Å². The molecule has 1 amide bonds. The molecule has 0 radical (unpaired) electrons. The maximum atomic E-state index is 14.7. The van der Waals surface area contributed by atoms with E-state index in [1.807, 2.05) is 0 Å². The number of rotatable bonds is 4. The van der Waals surface area contributed by atoms with E-state index in [1.165, 1.54) is 6.07 Å². The Bertz CT molecular complexity index is 1260. The molecule has 3 heterocycles. The number of aryl methyl sites for hydroxylation is 1. The Balaban J connectivity index is 1.69. The number of anilines is 1. The number of imidazole rings is 1. The Morgan fingerprint density at radius 3 is 2.76 bits per heavy atom. The van der Waals surface area contributed by atoms with E-state index in [1.54, 1.807) is 35.7 Å². The number of benzene rings is 1. The summed E-state index contributed by atoms with van der Waals surface area (Å²) in [6.45, 7) is 0.212. The largest absolute Gasteiger partial charge is 0.452 e. The number of amides is 1. The number of carbonyl (C=O) groups excluding carboxylic acids is 1. The van der Waals surface area contributed by atoms with Crippen LogP contribution in [-0.2, 0) is 10.3 Å². The highest BCUT2D eigenvalue weighted by Crippen LogP contribution is 2.42. The van der Waals surface area contributed by atoms with Crippen LogP contribution in [0.2, 0.25) is 0 Å². The van der Waals surface area contributed by atoms with Gasteiger partial charge in [-0.05, 0) is 37.3 Å². The normalized spacial score (nSPS) is 20.9. The first-order valence-electron chi connectivity index (χ1n) is 9.74. The van der Waals surface area contributed by atoms with Gasteiger partial charge < -0.3 is 20.2 Å². The van der Waals surface area contributed by atoms with Gasteiger partial charge in [0.05, 0.1) is 5.69 Å². The fourth-order valence-electron chi connectivity index (χ4n) is 3.77. The Labute approximate surface area is 184 Å². The number of amidine groups is 1. The molecule has 174 valence electrons. The predicted molar refractivity (Wildman–Crippen MR) is 109 cm³/mol. The first-order valence-corrected chi connectivity index (χ1v) is 9.74. The van der Waals surface area contributed by atoms with Gasteiger partial charge in [-0.1, -0.05) is 6.07 Å². The molecule has 3 N–H and O–H groups in total. The fourth-order valence-corrected chi connectivity index (χ4v) is 3.77. The third-order valence-corrected chi connectivity index (χ3v) is 5.41. The van der Waals surface area contributed by atoms with E-state index < -0.39 is 54.2 Å². The molecule has 0 aliphatic carbocycles. The summed E-state index contributed by atoms with van der Waals surface area (Å²) in [5.74, 6) is -1.64. The van der Waals surface area contributed by atoms with Crippen molar-refractivity contribution in [3.63, 3.8) is 0 Å². The van der Waals surface area contributed by atoms with Crippen LogP contribution in [0, 0.1) is 12.7 Å². The van der Waals surface area contributed by atoms with Gasteiger partial charge >= 0.3 is 6.18 Å². The van der Waals surface area contributed by atoms with E-state index in [2.05, 4.69) is 20.0 Å². The Morgan fingerprint density at radius 1 is 1.33 bits per heavy atom. The lowest BCUT2D eigenvalue weighted by Crippen LogP contribution is -2.48. The lowest BCUT2D eigenvalue weighted by molar-refractivity contribution is -0.209. The van der Waals surface area contributed by atoms with E-state index in [9.17, 15) is 26.7 Å². The van der Waals surface area contributed by atoms with Crippen molar-refractivity contribution in [2.75, 3.05) is 12.0 Å². The van der Waals surface area contributed by atoms with Crippen molar-refractivity contribution < 1.29 is 31.5 Å². The summed E-state index contributed by atoms with van der Waals surface area (Å²) >= 11 is 0. The average molecular weight is 467 g/mol. The molecule has 0 bridgehead atoms. The summed E-state index contributed by atoms with van der Waals surface area (Å²) in [5.41, 5.74) is 3.79. The number of aromatic nitrogens is 2. The number of hydrogen-bond donors (Lipinski definition) is 2. The second kappa shape index (κ2) is 8.01. The van der Waals surface area contributed by atoms with Crippen molar-refractivity contribution in [2.24, 2.45) is 10.7 Å². The number of aliphatic imine (C=N–C) groups is 1. The standard InChI is InChI=1S/C21H18F5N5O2/c1-11-17(29-16-4-2-3-7-31(11)16)18(32)28-12-5-6-14(23)13(8-12)20(10-22)9-15(21(24,25)26)33-19(27)30-20/h2-8,15H,9-10H2,1H3,(H2,27,30)(H,28,32). The first kappa shape index (κ1) is 22.5. The van der Waals surface area contributed by atoms with Crippen molar-refractivity contribution >= 4 is 23.3 Å². The maximum absolute atomic E-state index is 14.7. The number of alkyl halides is 4. The zero-order valence-electron chi connectivity index (χ0n) is 17.2. The molecular weight excluding hydrogens is 449 g/mol. The molecule has 33 heavy (non-hydrogen) atoms. The van der Waals surface area contributed by atoms with Gasteiger partial charge in [0.15, 0.2) is 6.10 Å². The smallest absolute Gasteiger partial charge is 0.425 e. The van der Waals surface area contributed by atoms with Crippen LogP contribution in [0.15, 0.2) is 47.6 Å². The summed E-state index contributed by atoms with van der Waals surface area (Å²) in [5, 5.41) is 2.52. The second-order valence-electron chi connectivity index (χ2n) is 7.59. The lowest BCUT2D eigenvalue weighted by atomic mass is 9.84. The number of nitrogens with one attached hydrogen (secondary N) is 1. The van der Waals surface area contributed by atoms with Gasteiger partial charge in [0, 0.05) is 23.9 Å². The number of halogens is 5. The quantitative estimate of drug-likeness (QED) is 0.570. The SMILES string of the molecule is Cc1c(C(=O)Nc2ccc(F)c(C3(CF)CC(C(F)(F)F)OC(N)=N3)c2)nc2ccccn12. The van der Waals surface area contributed by atoms with Crippen LogP contribution in [0.5, 0.6) is 0 Å². The summed E-state index contributed by atoms with van der Waals surface area (Å²) in [4.78, 5) is 20.7. The van der Waals surface area contributed by atoms with Crippen molar-refractivity contribution in [1.29, 1.82) is 0 Å². The highest BCUT2D eigenvalue weighted by molar-refractivity contribution is 6.04. The van der Waals surface area contributed by atoms with E-state index in [0.717, 1.165) is 12.1 Å². The van der Waals surface area contributed by atoms with Crippen LogP contribution in [0.25, 0.3) is 5.65 Å². The molecule has 12 heteroatoms. The van der Waals surface area contributed by atoms with E-state index in [0.29, 0.717) is 11.3 Å². The zero-order chi connectivity index (χ0) is 24.0. The number of carbonyl (C=O) groups is 1. The zero-order valence-corrected chi connectivity index (χ0v) is 17.2. The number of fused-ring (bicyclic) bond motifs is 1. The van der Waals surface area contributed by atoms with Crippen LogP contribution < -0.4 is 11.1 Å². The van der Waals surface area contributed by atoms with Gasteiger partial charge in [0.1, 0.15) is 29.4 Å². The topological polar surface area (TPSA) is 94.0 Å². The molecule has 0 saturated carbocycles. The molecule has 1 aromatic carbocycles. The number of hydrogen-bond acceptors (Lipinski definition) is 5. The summed E-state index contributed by atoms with van der Waals surface area (Å²) in [6, 6.07) is 7.45. The molecule has 3 aromatic rings. The summed E-state index contributed by atoms with van der Waals surface area (Å²) in [7, 11) is 0. The molecule has 2 atom stereocenters. The Kier molecular flexibility index (Phi) is 5.46. The van der Waals surface area contributed by atoms with E-state index >= 15 is 0 Å². The molecule has 0 saturated heterocycles. The maximum Gasteiger partial charge on any atom is 0.425 e. The number of ether oxygens (including phenoxy) is 1. The van der Waals surface area contributed by atoms with Crippen LogP contribution >= 0.6 is 0 Å². The number of nitrogens with zero attached hydrogens (tertiary/aromatic N) is 3. The van der Waals surface area contributed by atoms with Gasteiger partial charge in [0.2, 0.25) is 0 Å². The Hall–Kier alpha value is -3.70. The minimum atomic E-state index is -4.87. The summed E-state index contributed by atoms with van der Waals surface area (Å²) < 4.78 is 74.8. The first-order chi connectivity index (χ1) is 15.5. The van der Waals surface area contributed by atoms with E-state index in [4.69, 9.17) is 5.73 Å². The lowest BCUT2D eigenvalue weighted by Gasteiger charge is -2.36. The minimum absolute atomic E-state index is 0.0181. The number of nitrogens with two attached hydrogens (primary N) is 1. The molecule has 4 rings (SSSR count). The monoisotopic (exact) mass is 467 g/mol. The third-order valence-electron chi connectivity index (χ3n) is 5.41. The Morgan fingerprint density at radius 2 is 2.09 bits per heavy atom. The van der Waals surface area contributed by atoms with Crippen LogP contribution in [-0.4, -0.2) is 40.3 Å². The third kappa shape index (κ3) is 4.08. The average Bonchev–Trinajstić information content (AvgIpc) is 3.11. The highest BCUT2D eigenvalue weighted by atomic mass is 19.4. The van der Waals surface area contributed by atoms with Gasteiger partial charge in [0.25, 0.3) is 11.9 Å². The van der Waals surface area contributed by atoms with E-state index in [-0.39, 0.29) is 11.4 Å². The molecule has 1 aliphatic rings. The molecule has 7 nitrogen and oxygen atoms in total. The van der Waals surface area contributed by atoms with Crippen molar-refractivity contribution in [3.8, 4) is 0 Å². The molecule has 2 aromatic heterocycles. The predicted octanol–water partition coefficient (Wildman–Crippen LogP) is 3.86. The second-order valence-corrected chi connectivity index (χ2v) is 7.59. The fraction of sp³-hybridized carbons (Fsp3) is 0.286. The minimum Gasteiger partial charge on any atom is -0.452 e. The molecule has 1 aliphatic heterocycles. The van der Waals surface area contributed by atoms with Gasteiger partial charge in [-0.3, -0.25) is 4.79 Å². The number of pyridine rings is 1. The van der Waals surface area contributed by atoms with Crippen LogP contribution in [0.4, 0.5) is 27.6 Å². The highest BCUT2D eigenvalue weighted by Gasteiger charge is 2.52. The van der Waals surface area contributed by atoms with Gasteiger partial charge in [-0.2, -0.15) is 13.2 Å². The molecular formula is C21H18F5N5O2. The van der Waals surface area contributed by atoms with Crippen molar-refractivity contribution in [2.45, 2.75) is 31.2 Å². The van der Waals surface area contributed by atoms with Crippen molar-refractivity contribution in [1.82, 2.24) is 9.38 Å². The van der Waals surface area contributed by atoms with Crippen LogP contribution in [0.3, 0.4) is 0 Å². The van der Waals surface area contributed by atoms with Crippen LogP contribution in [0.1, 0.15) is 28.2 Å².